The molecule has 1 aromatic heterocycles. The van der Waals surface area contributed by atoms with Gasteiger partial charge in [0.05, 0.1) is 17.0 Å². The van der Waals surface area contributed by atoms with Gasteiger partial charge in [-0.1, -0.05) is 47.7 Å². The molecule has 1 amide bonds. The molecular weight excluding hydrogens is 413 g/mol. The van der Waals surface area contributed by atoms with E-state index >= 15 is 0 Å². The van der Waals surface area contributed by atoms with Crippen LogP contribution >= 0.6 is 11.3 Å². The predicted molar refractivity (Wildman–Crippen MR) is 105 cm³/mol. The summed E-state index contributed by atoms with van der Waals surface area (Å²) < 4.78 is 38.5. The molecule has 0 saturated heterocycles. The summed E-state index contributed by atoms with van der Waals surface area (Å²) in [6, 6.07) is 16.8. The first kappa shape index (κ1) is 20.0. The van der Waals surface area contributed by atoms with Crippen LogP contribution in [0.4, 0.5) is 18.3 Å². The number of rotatable bonds is 3. The van der Waals surface area contributed by atoms with Crippen molar-refractivity contribution in [1.29, 1.82) is 5.26 Å². The lowest BCUT2D eigenvalue weighted by atomic mass is 9.73. The summed E-state index contributed by atoms with van der Waals surface area (Å²) in [6.45, 7) is 1.78. The van der Waals surface area contributed by atoms with E-state index in [4.69, 9.17) is 0 Å². The van der Waals surface area contributed by atoms with E-state index in [1.165, 1.54) is 0 Å². The van der Waals surface area contributed by atoms with Gasteiger partial charge in [-0.25, -0.2) is 0 Å². The Bertz CT molecular complexity index is 1150. The van der Waals surface area contributed by atoms with Gasteiger partial charge in [-0.2, -0.15) is 18.4 Å². The lowest BCUT2D eigenvalue weighted by molar-refractivity contribution is -0.138. The van der Waals surface area contributed by atoms with E-state index in [1.54, 1.807) is 19.1 Å². The Morgan fingerprint density at radius 3 is 2.60 bits per heavy atom. The van der Waals surface area contributed by atoms with Crippen LogP contribution in [0.15, 0.2) is 48.5 Å². The number of nitrogens with one attached hydrogen (secondary N) is 1. The second-order valence-electron chi connectivity index (χ2n) is 7.33. The SMILES string of the molecule is CC1(C(=O)Nc2nnc(C(F)(F)F)s2)Cc2ccc(C#N)cc2C1c1ccccc1. The summed E-state index contributed by atoms with van der Waals surface area (Å²) in [5, 5.41) is 17.1. The fourth-order valence-corrected chi connectivity index (χ4v) is 4.57. The third-order valence-electron chi connectivity index (χ3n) is 5.32. The summed E-state index contributed by atoms with van der Waals surface area (Å²) in [6.07, 6.45) is -4.24. The van der Waals surface area contributed by atoms with Crippen LogP contribution in [-0.4, -0.2) is 16.1 Å². The molecule has 0 saturated carbocycles. The number of halogens is 3. The van der Waals surface area contributed by atoms with Gasteiger partial charge in [0.1, 0.15) is 0 Å². The van der Waals surface area contributed by atoms with Crippen LogP contribution in [0.3, 0.4) is 0 Å². The van der Waals surface area contributed by atoms with E-state index in [9.17, 15) is 23.2 Å². The molecule has 0 aliphatic heterocycles. The molecule has 152 valence electrons. The molecule has 1 heterocycles. The van der Waals surface area contributed by atoms with E-state index in [1.807, 2.05) is 36.4 Å². The highest BCUT2D eigenvalue weighted by Crippen LogP contribution is 2.51. The number of nitrogens with zero attached hydrogens (tertiary/aromatic N) is 3. The number of alkyl halides is 3. The predicted octanol–water partition coefficient (Wildman–Crippen LogP) is 4.76. The maximum Gasteiger partial charge on any atom is 0.445 e. The average Bonchev–Trinajstić information content (AvgIpc) is 3.30. The number of carbonyl (C=O) groups is 1. The quantitative estimate of drug-likeness (QED) is 0.652. The molecular formula is C21H15F3N4OS. The number of anilines is 1. The van der Waals surface area contributed by atoms with Crippen LogP contribution in [0, 0.1) is 16.7 Å². The van der Waals surface area contributed by atoms with Crippen molar-refractivity contribution < 1.29 is 18.0 Å². The molecule has 2 atom stereocenters. The Kier molecular flexibility index (Phi) is 4.82. The van der Waals surface area contributed by atoms with E-state index < -0.39 is 22.5 Å². The highest BCUT2D eigenvalue weighted by Gasteiger charge is 2.49. The lowest BCUT2D eigenvalue weighted by Gasteiger charge is -2.30. The van der Waals surface area contributed by atoms with E-state index in [-0.39, 0.29) is 11.0 Å². The smallest absolute Gasteiger partial charge is 0.300 e. The van der Waals surface area contributed by atoms with Gasteiger partial charge < -0.3 is 5.32 Å². The Morgan fingerprint density at radius 2 is 1.97 bits per heavy atom. The molecule has 2 aromatic carbocycles. The minimum Gasteiger partial charge on any atom is -0.300 e. The second kappa shape index (κ2) is 7.22. The molecule has 4 rings (SSSR count). The van der Waals surface area contributed by atoms with Gasteiger partial charge in [0.2, 0.25) is 16.0 Å². The number of hydrogen-bond acceptors (Lipinski definition) is 5. The van der Waals surface area contributed by atoms with Crippen molar-refractivity contribution in [3.05, 3.63) is 75.8 Å². The molecule has 1 aliphatic carbocycles. The Labute approximate surface area is 174 Å². The van der Waals surface area contributed by atoms with Crippen molar-refractivity contribution in [2.75, 3.05) is 5.32 Å². The zero-order valence-corrected chi connectivity index (χ0v) is 16.5. The standard InChI is InChI=1S/C21H15F3N4OS/c1-20(17(29)26-19-28-27-18(30-19)21(22,23)24)10-14-8-7-12(11-25)9-15(14)16(20)13-5-3-2-4-6-13/h2-9,16H,10H2,1H3,(H,26,28,29). The van der Waals surface area contributed by atoms with Crippen LogP contribution in [0.2, 0.25) is 0 Å². The third kappa shape index (κ3) is 3.44. The van der Waals surface area contributed by atoms with Gasteiger partial charge in [-0.15, -0.1) is 10.2 Å². The number of fused-ring (bicyclic) bond motifs is 1. The summed E-state index contributed by atoms with van der Waals surface area (Å²) in [5.74, 6) is -0.812. The molecule has 1 aliphatic rings. The van der Waals surface area contributed by atoms with Gasteiger partial charge in [0, 0.05) is 5.92 Å². The second-order valence-corrected chi connectivity index (χ2v) is 8.31. The van der Waals surface area contributed by atoms with Crippen LogP contribution < -0.4 is 5.32 Å². The molecule has 0 radical (unpaired) electrons. The van der Waals surface area contributed by atoms with Crippen LogP contribution in [-0.2, 0) is 17.4 Å². The molecule has 3 aromatic rings. The molecule has 0 fully saturated rings. The summed E-state index contributed by atoms with van der Waals surface area (Å²) in [4.78, 5) is 13.3. The molecule has 0 spiro atoms. The van der Waals surface area contributed by atoms with Gasteiger partial charge in [-0.05, 0) is 42.2 Å². The number of hydrogen-bond donors (Lipinski definition) is 1. The lowest BCUT2D eigenvalue weighted by Crippen LogP contribution is -2.37. The Morgan fingerprint density at radius 1 is 1.23 bits per heavy atom. The number of aromatic nitrogens is 2. The van der Waals surface area contributed by atoms with Crippen molar-refractivity contribution in [3.63, 3.8) is 0 Å². The largest absolute Gasteiger partial charge is 0.445 e. The monoisotopic (exact) mass is 428 g/mol. The third-order valence-corrected chi connectivity index (χ3v) is 6.20. The van der Waals surface area contributed by atoms with Crippen LogP contribution in [0.1, 0.15) is 40.1 Å². The number of nitriles is 1. The van der Waals surface area contributed by atoms with Gasteiger partial charge in [-0.3, -0.25) is 4.79 Å². The Hall–Kier alpha value is -3.25. The van der Waals surface area contributed by atoms with Crippen LogP contribution in [0.25, 0.3) is 0 Å². The molecule has 2 unspecified atom stereocenters. The first-order valence-electron chi connectivity index (χ1n) is 9.02. The summed E-state index contributed by atoms with van der Waals surface area (Å²) in [7, 11) is 0. The van der Waals surface area contributed by atoms with Crippen molar-refractivity contribution in [2.45, 2.75) is 25.4 Å². The first-order chi connectivity index (χ1) is 14.2. The maximum atomic E-state index is 13.3. The molecule has 9 heteroatoms. The molecule has 1 N–H and O–H groups in total. The van der Waals surface area contributed by atoms with Crippen molar-refractivity contribution in [3.8, 4) is 6.07 Å². The van der Waals surface area contributed by atoms with E-state index in [0.717, 1.165) is 16.7 Å². The van der Waals surface area contributed by atoms with Crippen LogP contribution in [0.5, 0.6) is 0 Å². The van der Waals surface area contributed by atoms with Crippen molar-refractivity contribution in [1.82, 2.24) is 10.2 Å². The zero-order chi connectivity index (χ0) is 21.5. The number of carbonyl (C=O) groups excluding carboxylic acids is 1. The normalized spacial score (nSPS) is 20.4. The topological polar surface area (TPSA) is 78.7 Å². The van der Waals surface area contributed by atoms with Gasteiger partial charge in [0.25, 0.3) is 0 Å². The maximum absolute atomic E-state index is 13.3. The Balaban J connectivity index is 1.72. The number of amides is 1. The minimum atomic E-state index is -4.62. The fourth-order valence-electron chi connectivity index (χ4n) is 3.97. The zero-order valence-electron chi connectivity index (χ0n) is 15.7. The fraction of sp³-hybridized carbons (Fsp3) is 0.238. The summed E-state index contributed by atoms with van der Waals surface area (Å²) in [5.41, 5.74) is 2.18. The van der Waals surface area contributed by atoms with Gasteiger partial charge in [0.15, 0.2) is 0 Å². The molecule has 0 bridgehead atoms. The van der Waals surface area contributed by atoms with E-state index in [0.29, 0.717) is 23.3 Å². The highest BCUT2D eigenvalue weighted by molar-refractivity contribution is 7.15. The van der Waals surface area contributed by atoms with Gasteiger partial charge >= 0.3 is 6.18 Å². The van der Waals surface area contributed by atoms with E-state index in [2.05, 4.69) is 21.6 Å². The minimum absolute atomic E-state index is 0.200. The van der Waals surface area contributed by atoms with Crippen molar-refractivity contribution >= 4 is 22.4 Å². The van der Waals surface area contributed by atoms with Crippen molar-refractivity contribution in [2.24, 2.45) is 5.41 Å². The molecule has 30 heavy (non-hydrogen) atoms. The summed E-state index contributed by atoms with van der Waals surface area (Å²) >= 11 is 0.290. The number of benzene rings is 2. The molecule has 5 nitrogen and oxygen atoms in total. The average molecular weight is 428 g/mol. The first-order valence-corrected chi connectivity index (χ1v) is 9.84. The highest BCUT2D eigenvalue weighted by atomic mass is 32.1.